The molecule has 0 saturated carbocycles. The van der Waals surface area contributed by atoms with Crippen LogP contribution in [0.5, 0.6) is 0 Å². The molecule has 1 heteroatoms. The van der Waals surface area contributed by atoms with E-state index in [1.165, 1.54) is 33.4 Å². The molecule has 1 nitrogen and oxygen atoms in total. The lowest BCUT2D eigenvalue weighted by atomic mass is 10.00. The van der Waals surface area contributed by atoms with E-state index in [1.807, 2.05) is 0 Å². The molecule has 1 aromatic carbocycles. The molecule has 1 aromatic rings. The van der Waals surface area contributed by atoms with Gasteiger partial charge in [0.2, 0.25) is 0 Å². The standard InChI is InChI=1S/C18H25N/c1-6-8-17-13(3)18(17)15-10-9-14(7-2)16(11-15)12-19(4)5/h8-11H,6-7,12H2,1-5H3/b17-8-. The van der Waals surface area contributed by atoms with Crippen LogP contribution < -0.4 is 0 Å². The first-order chi connectivity index (χ1) is 9.08. The third-order valence-electron chi connectivity index (χ3n) is 3.76. The molecule has 0 N–H and O–H groups in total. The minimum absolute atomic E-state index is 1.02. The highest BCUT2D eigenvalue weighted by Gasteiger charge is 2.26. The summed E-state index contributed by atoms with van der Waals surface area (Å²) < 4.78 is 0. The number of rotatable bonds is 5. The topological polar surface area (TPSA) is 3.24 Å². The Morgan fingerprint density at radius 1 is 1.11 bits per heavy atom. The maximum absolute atomic E-state index is 2.38. The Kier molecular flexibility index (Phi) is 4.26. The third-order valence-corrected chi connectivity index (χ3v) is 3.76. The average Bonchev–Trinajstić information content (AvgIpc) is 2.99. The van der Waals surface area contributed by atoms with Gasteiger partial charge in [-0.2, -0.15) is 0 Å². The minimum atomic E-state index is 1.02. The van der Waals surface area contributed by atoms with Gasteiger partial charge in [0.15, 0.2) is 0 Å². The zero-order valence-corrected chi connectivity index (χ0v) is 12.9. The van der Waals surface area contributed by atoms with Crippen molar-refractivity contribution in [3.8, 4) is 0 Å². The summed E-state index contributed by atoms with van der Waals surface area (Å²) in [6.45, 7) is 7.69. The molecule has 19 heavy (non-hydrogen) atoms. The number of hydrogen-bond acceptors (Lipinski definition) is 1. The van der Waals surface area contributed by atoms with Crippen molar-refractivity contribution in [2.75, 3.05) is 14.1 Å². The van der Waals surface area contributed by atoms with E-state index in [0.29, 0.717) is 0 Å². The maximum Gasteiger partial charge on any atom is 0.0230 e. The van der Waals surface area contributed by atoms with Crippen LogP contribution in [-0.2, 0) is 13.0 Å². The molecule has 0 saturated heterocycles. The van der Waals surface area contributed by atoms with Gasteiger partial charge in [0.25, 0.3) is 0 Å². The first-order valence-corrected chi connectivity index (χ1v) is 7.27. The van der Waals surface area contributed by atoms with Crippen molar-refractivity contribution >= 4 is 5.57 Å². The van der Waals surface area contributed by atoms with Crippen LogP contribution in [-0.4, -0.2) is 19.0 Å². The number of aryl methyl sites for hydroxylation is 1. The summed E-state index contributed by atoms with van der Waals surface area (Å²) in [6, 6.07) is 6.97. The summed E-state index contributed by atoms with van der Waals surface area (Å²) in [5.41, 5.74) is 8.76. The van der Waals surface area contributed by atoms with Crippen LogP contribution >= 0.6 is 0 Å². The molecule has 0 heterocycles. The fourth-order valence-electron chi connectivity index (χ4n) is 2.75. The molecule has 102 valence electrons. The zero-order chi connectivity index (χ0) is 14.0. The van der Waals surface area contributed by atoms with Crippen LogP contribution in [0.4, 0.5) is 0 Å². The van der Waals surface area contributed by atoms with Crippen molar-refractivity contribution in [1.29, 1.82) is 0 Å². The first-order valence-electron chi connectivity index (χ1n) is 7.27. The Labute approximate surface area is 117 Å². The summed E-state index contributed by atoms with van der Waals surface area (Å²) in [5.74, 6) is 0. The lowest BCUT2D eigenvalue weighted by molar-refractivity contribution is 0.401. The van der Waals surface area contributed by atoms with Gasteiger partial charge >= 0.3 is 0 Å². The third kappa shape index (κ3) is 2.98. The van der Waals surface area contributed by atoms with Gasteiger partial charge in [-0.05, 0) is 73.3 Å². The average molecular weight is 255 g/mol. The Balaban J connectivity index is 2.32. The Morgan fingerprint density at radius 3 is 2.42 bits per heavy atom. The number of hydrogen-bond donors (Lipinski definition) is 0. The Hall–Kier alpha value is -1.34. The Morgan fingerprint density at radius 2 is 1.84 bits per heavy atom. The van der Waals surface area contributed by atoms with E-state index >= 15 is 0 Å². The van der Waals surface area contributed by atoms with E-state index in [2.05, 4.69) is 64.0 Å². The van der Waals surface area contributed by atoms with Crippen LogP contribution in [0.1, 0.15) is 43.9 Å². The fraction of sp³-hybridized carbons (Fsp3) is 0.444. The van der Waals surface area contributed by atoms with E-state index < -0.39 is 0 Å². The Bertz CT molecular complexity index is 533. The van der Waals surface area contributed by atoms with Gasteiger partial charge in [0.05, 0.1) is 0 Å². The minimum Gasteiger partial charge on any atom is -0.305 e. The molecule has 0 spiro atoms. The molecule has 0 bridgehead atoms. The molecular formula is C18H25N. The maximum atomic E-state index is 2.38. The highest BCUT2D eigenvalue weighted by molar-refractivity contribution is 6.01. The summed E-state index contributed by atoms with van der Waals surface area (Å²) in [7, 11) is 4.27. The fourth-order valence-corrected chi connectivity index (χ4v) is 2.75. The number of benzene rings is 1. The monoisotopic (exact) mass is 255 g/mol. The van der Waals surface area contributed by atoms with Crippen molar-refractivity contribution < 1.29 is 0 Å². The predicted molar refractivity (Wildman–Crippen MR) is 84.2 cm³/mol. The molecular weight excluding hydrogens is 230 g/mol. The second kappa shape index (κ2) is 5.75. The van der Waals surface area contributed by atoms with Gasteiger partial charge in [-0.25, -0.2) is 0 Å². The second-order valence-electron chi connectivity index (χ2n) is 5.60. The smallest absolute Gasteiger partial charge is 0.0230 e. The quantitative estimate of drug-likeness (QED) is 0.752. The van der Waals surface area contributed by atoms with Crippen LogP contribution in [0, 0.1) is 0 Å². The van der Waals surface area contributed by atoms with Gasteiger partial charge in [-0.3, -0.25) is 0 Å². The van der Waals surface area contributed by atoms with Crippen molar-refractivity contribution in [2.45, 2.75) is 40.2 Å². The molecule has 0 radical (unpaired) electrons. The molecule has 2 rings (SSSR count). The van der Waals surface area contributed by atoms with Gasteiger partial charge in [0, 0.05) is 6.54 Å². The molecule has 1 aliphatic carbocycles. The highest BCUT2D eigenvalue weighted by Crippen LogP contribution is 2.46. The first kappa shape index (κ1) is 14.1. The van der Waals surface area contributed by atoms with Crippen molar-refractivity contribution in [1.82, 2.24) is 4.90 Å². The second-order valence-corrected chi connectivity index (χ2v) is 5.60. The van der Waals surface area contributed by atoms with E-state index in [4.69, 9.17) is 0 Å². The van der Waals surface area contributed by atoms with Crippen LogP contribution in [0.2, 0.25) is 0 Å². The van der Waals surface area contributed by atoms with Crippen LogP contribution in [0.25, 0.3) is 5.57 Å². The lowest BCUT2D eigenvalue weighted by Crippen LogP contribution is -2.12. The van der Waals surface area contributed by atoms with Crippen molar-refractivity contribution in [3.05, 3.63) is 52.1 Å². The molecule has 0 fully saturated rings. The summed E-state index contributed by atoms with van der Waals surface area (Å²) >= 11 is 0. The molecule has 0 aromatic heterocycles. The summed E-state index contributed by atoms with van der Waals surface area (Å²) in [4.78, 5) is 2.25. The number of nitrogens with zero attached hydrogens (tertiary/aromatic N) is 1. The van der Waals surface area contributed by atoms with Crippen LogP contribution in [0.3, 0.4) is 0 Å². The van der Waals surface area contributed by atoms with E-state index in [1.54, 1.807) is 0 Å². The molecule has 0 amide bonds. The van der Waals surface area contributed by atoms with Crippen molar-refractivity contribution in [2.24, 2.45) is 0 Å². The van der Waals surface area contributed by atoms with E-state index in [9.17, 15) is 0 Å². The molecule has 0 unspecified atom stereocenters. The number of allylic oxidation sites excluding steroid dienone is 4. The normalized spacial score (nSPS) is 16.6. The molecule has 1 aliphatic rings. The van der Waals surface area contributed by atoms with E-state index in [0.717, 1.165) is 19.4 Å². The SMILES string of the molecule is CC/C=C1C(C)=C/1c1ccc(CC)c(CN(C)C)c1. The van der Waals surface area contributed by atoms with Gasteiger partial charge < -0.3 is 4.90 Å². The highest BCUT2D eigenvalue weighted by atomic mass is 15.0. The summed E-state index contributed by atoms with van der Waals surface area (Å²) in [5, 5.41) is 0. The molecule has 0 aliphatic heterocycles. The van der Waals surface area contributed by atoms with Gasteiger partial charge in [-0.15, -0.1) is 0 Å². The van der Waals surface area contributed by atoms with Gasteiger partial charge in [0.1, 0.15) is 0 Å². The van der Waals surface area contributed by atoms with Gasteiger partial charge in [-0.1, -0.05) is 32.1 Å². The predicted octanol–water partition coefficient (Wildman–Crippen LogP) is 4.43. The van der Waals surface area contributed by atoms with E-state index in [-0.39, 0.29) is 0 Å². The van der Waals surface area contributed by atoms with Crippen molar-refractivity contribution in [3.63, 3.8) is 0 Å². The summed E-state index contributed by atoms with van der Waals surface area (Å²) in [6.07, 6.45) is 4.57. The molecule has 0 atom stereocenters. The zero-order valence-electron chi connectivity index (χ0n) is 12.9. The van der Waals surface area contributed by atoms with Crippen LogP contribution in [0.15, 0.2) is 35.4 Å². The lowest BCUT2D eigenvalue weighted by Gasteiger charge is -2.14. The largest absolute Gasteiger partial charge is 0.305 e.